The summed E-state index contributed by atoms with van der Waals surface area (Å²) in [4.78, 5) is 15.6. The quantitative estimate of drug-likeness (QED) is 0.896. The first-order valence-electron chi connectivity index (χ1n) is 6.78. The van der Waals surface area contributed by atoms with Gasteiger partial charge < -0.3 is 10.0 Å². The Balaban J connectivity index is 2.10. The van der Waals surface area contributed by atoms with E-state index in [0.29, 0.717) is 0 Å². The molecule has 0 bridgehead atoms. The third kappa shape index (κ3) is 3.55. The zero-order valence-electron chi connectivity index (χ0n) is 11.6. The van der Waals surface area contributed by atoms with Crippen LogP contribution in [0.3, 0.4) is 0 Å². The number of likely N-dealkylation sites (N-methyl/N-ethyl adjacent to an activating group) is 1. The molecule has 2 atom stereocenters. The van der Waals surface area contributed by atoms with E-state index in [0.717, 1.165) is 19.6 Å². The molecule has 104 valence electrons. The van der Waals surface area contributed by atoms with Crippen molar-refractivity contribution >= 4 is 5.97 Å². The van der Waals surface area contributed by atoms with Crippen LogP contribution in [0, 0.1) is 0 Å². The van der Waals surface area contributed by atoms with Crippen molar-refractivity contribution in [1.82, 2.24) is 9.80 Å². The summed E-state index contributed by atoms with van der Waals surface area (Å²) in [5.74, 6) is -0.717. The lowest BCUT2D eigenvalue weighted by Crippen LogP contribution is -2.57. The van der Waals surface area contributed by atoms with Gasteiger partial charge in [-0.1, -0.05) is 30.3 Å². The number of piperazine rings is 1. The van der Waals surface area contributed by atoms with Gasteiger partial charge in [-0.3, -0.25) is 9.69 Å². The van der Waals surface area contributed by atoms with Gasteiger partial charge >= 0.3 is 5.97 Å². The normalized spacial score (nSPS) is 25.4. The molecule has 19 heavy (non-hydrogen) atoms. The van der Waals surface area contributed by atoms with E-state index < -0.39 is 5.97 Å². The zero-order valence-corrected chi connectivity index (χ0v) is 11.6. The van der Waals surface area contributed by atoms with Gasteiger partial charge in [0.1, 0.15) is 0 Å². The van der Waals surface area contributed by atoms with Gasteiger partial charge in [-0.2, -0.15) is 0 Å². The number of nitrogens with zero attached hydrogens (tertiary/aromatic N) is 2. The molecular formula is C15H22N2O2. The summed E-state index contributed by atoms with van der Waals surface area (Å²) >= 11 is 0. The van der Waals surface area contributed by atoms with Crippen LogP contribution in [0.4, 0.5) is 0 Å². The van der Waals surface area contributed by atoms with Gasteiger partial charge in [0.05, 0.1) is 6.42 Å². The highest BCUT2D eigenvalue weighted by molar-refractivity contribution is 5.67. The molecule has 0 aromatic heterocycles. The van der Waals surface area contributed by atoms with E-state index in [1.54, 1.807) is 0 Å². The predicted molar refractivity (Wildman–Crippen MR) is 75.0 cm³/mol. The molecule has 4 nitrogen and oxygen atoms in total. The minimum absolute atomic E-state index is 0.0801. The molecule has 1 aromatic carbocycles. The van der Waals surface area contributed by atoms with Gasteiger partial charge in [0.25, 0.3) is 0 Å². The summed E-state index contributed by atoms with van der Waals surface area (Å²) in [5, 5.41) is 9.11. The molecule has 0 radical (unpaired) electrons. The summed E-state index contributed by atoms with van der Waals surface area (Å²) in [6, 6.07) is 10.6. The van der Waals surface area contributed by atoms with Gasteiger partial charge in [0.2, 0.25) is 0 Å². The standard InChI is InChI=1S/C15H22N2O2/c1-12-14(10-15(18)19)17(9-8-16(12)2)11-13-6-4-3-5-7-13/h3-7,12,14H,8-11H2,1-2H3,(H,18,19)/t12-,14?/m0/s1. The van der Waals surface area contributed by atoms with Crippen LogP contribution in [0.2, 0.25) is 0 Å². The maximum absolute atomic E-state index is 11.1. The lowest BCUT2D eigenvalue weighted by atomic mass is 9.99. The van der Waals surface area contributed by atoms with Gasteiger partial charge in [0.15, 0.2) is 0 Å². The van der Waals surface area contributed by atoms with Crippen LogP contribution in [-0.2, 0) is 11.3 Å². The molecule has 1 aliphatic heterocycles. The van der Waals surface area contributed by atoms with Gasteiger partial charge in [-0.15, -0.1) is 0 Å². The van der Waals surface area contributed by atoms with Crippen LogP contribution in [0.1, 0.15) is 18.9 Å². The van der Waals surface area contributed by atoms with Crippen LogP contribution in [-0.4, -0.2) is 53.1 Å². The van der Waals surface area contributed by atoms with E-state index in [-0.39, 0.29) is 18.5 Å². The molecule has 2 rings (SSSR count). The average Bonchev–Trinajstić information content (AvgIpc) is 2.39. The molecule has 0 amide bonds. The molecule has 1 aliphatic rings. The van der Waals surface area contributed by atoms with Gasteiger partial charge in [-0.25, -0.2) is 0 Å². The summed E-state index contributed by atoms with van der Waals surface area (Å²) in [5.41, 5.74) is 1.25. The van der Waals surface area contributed by atoms with Gasteiger partial charge in [-0.05, 0) is 19.5 Å². The van der Waals surface area contributed by atoms with Crippen molar-refractivity contribution in [3.63, 3.8) is 0 Å². The van der Waals surface area contributed by atoms with Crippen molar-refractivity contribution in [3.05, 3.63) is 35.9 Å². The first-order valence-corrected chi connectivity index (χ1v) is 6.78. The Bertz CT molecular complexity index is 421. The van der Waals surface area contributed by atoms with E-state index >= 15 is 0 Å². The van der Waals surface area contributed by atoms with Crippen molar-refractivity contribution in [3.8, 4) is 0 Å². The number of aliphatic carboxylic acids is 1. The van der Waals surface area contributed by atoms with Crippen molar-refractivity contribution in [2.75, 3.05) is 20.1 Å². The molecule has 1 N–H and O–H groups in total. The predicted octanol–water partition coefficient (Wildman–Crippen LogP) is 1.67. The number of benzene rings is 1. The summed E-state index contributed by atoms with van der Waals surface area (Å²) in [6.07, 6.45) is 0.207. The molecular weight excluding hydrogens is 240 g/mol. The smallest absolute Gasteiger partial charge is 0.304 e. The van der Waals surface area contributed by atoms with E-state index in [2.05, 4.69) is 35.9 Å². The maximum atomic E-state index is 11.1. The Morgan fingerprint density at radius 3 is 2.63 bits per heavy atom. The number of carboxylic acids is 1. The molecule has 0 spiro atoms. The third-order valence-electron chi connectivity index (χ3n) is 4.07. The van der Waals surface area contributed by atoms with Crippen molar-refractivity contribution in [1.29, 1.82) is 0 Å². The fraction of sp³-hybridized carbons (Fsp3) is 0.533. The zero-order chi connectivity index (χ0) is 13.8. The summed E-state index contributed by atoms with van der Waals surface area (Å²) < 4.78 is 0. The molecule has 1 fully saturated rings. The van der Waals surface area contributed by atoms with Crippen LogP contribution in [0.25, 0.3) is 0 Å². The second-order valence-electron chi connectivity index (χ2n) is 5.34. The number of rotatable bonds is 4. The number of hydrogen-bond acceptors (Lipinski definition) is 3. The highest BCUT2D eigenvalue weighted by atomic mass is 16.4. The summed E-state index contributed by atoms with van der Waals surface area (Å²) in [7, 11) is 2.07. The van der Waals surface area contributed by atoms with Gasteiger partial charge in [0, 0.05) is 31.7 Å². The lowest BCUT2D eigenvalue weighted by molar-refractivity contribution is -0.139. The fourth-order valence-electron chi connectivity index (χ4n) is 2.75. The number of carboxylic acid groups (broad SMARTS) is 1. The Kier molecular flexibility index (Phi) is 4.56. The van der Waals surface area contributed by atoms with E-state index in [9.17, 15) is 4.79 Å². The molecule has 1 aromatic rings. The Morgan fingerprint density at radius 2 is 2.00 bits per heavy atom. The van der Waals surface area contributed by atoms with Crippen molar-refractivity contribution in [2.45, 2.75) is 32.0 Å². The second-order valence-corrected chi connectivity index (χ2v) is 5.34. The fourth-order valence-corrected chi connectivity index (χ4v) is 2.75. The minimum Gasteiger partial charge on any atom is -0.481 e. The van der Waals surface area contributed by atoms with E-state index in [1.165, 1.54) is 5.56 Å². The highest BCUT2D eigenvalue weighted by Crippen LogP contribution is 2.21. The molecule has 4 heteroatoms. The largest absolute Gasteiger partial charge is 0.481 e. The monoisotopic (exact) mass is 262 g/mol. The van der Waals surface area contributed by atoms with Crippen LogP contribution >= 0.6 is 0 Å². The Labute approximate surface area is 114 Å². The topological polar surface area (TPSA) is 43.8 Å². The molecule has 1 saturated heterocycles. The second kappa shape index (κ2) is 6.17. The van der Waals surface area contributed by atoms with Crippen molar-refractivity contribution in [2.24, 2.45) is 0 Å². The average molecular weight is 262 g/mol. The number of hydrogen-bond donors (Lipinski definition) is 1. The molecule has 0 aliphatic carbocycles. The minimum atomic E-state index is -0.717. The first kappa shape index (κ1) is 14.0. The SMILES string of the molecule is C[C@H]1C(CC(=O)O)N(Cc2ccccc2)CCN1C. The van der Waals surface area contributed by atoms with Crippen LogP contribution in [0.5, 0.6) is 0 Å². The molecule has 1 heterocycles. The highest BCUT2D eigenvalue weighted by Gasteiger charge is 2.33. The third-order valence-corrected chi connectivity index (χ3v) is 4.07. The number of carbonyl (C=O) groups is 1. The van der Waals surface area contributed by atoms with Crippen molar-refractivity contribution < 1.29 is 9.90 Å². The van der Waals surface area contributed by atoms with E-state index in [4.69, 9.17) is 5.11 Å². The Morgan fingerprint density at radius 1 is 1.32 bits per heavy atom. The maximum Gasteiger partial charge on any atom is 0.304 e. The lowest BCUT2D eigenvalue weighted by Gasteiger charge is -2.44. The molecule has 1 unspecified atom stereocenters. The Hall–Kier alpha value is -1.39. The first-order chi connectivity index (χ1) is 9.08. The van der Waals surface area contributed by atoms with Crippen LogP contribution in [0.15, 0.2) is 30.3 Å². The van der Waals surface area contributed by atoms with Crippen LogP contribution < -0.4 is 0 Å². The van der Waals surface area contributed by atoms with E-state index in [1.807, 2.05) is 18.2 Å². The summed E-state index contributed by atoms with van der Waals surface area (Å²) in [6.45, 7) is 4.86. The molecule has 0 saturated carbocycles.